The molecule has 2 aliphatic heterocycles. The second-order valence-electron chi connectivity index (χ2n) is 9.26. The van der Waals surface area contributed by atoms with Gasteiger partial charge < -0.3 is 9.80 Å². The highest BCUT2D eigenvalue weighted by atomic mass is 19.1. The Balaban J connectivity index is 1.22. The minimum atomic E-state index is -0.461. The largest absolute Gasteiger partial charge is 0.346 e. The molecule has 2 amide bonds. The third-order valence-corrected chi connectivity index (χ3v) is 7.24. The molecule has 3 heterocycles. The lowest BCUT2D eigenvalue weighted by molar-refractivity contribution is -0.156. The normalized spacial score (nSPS) is 20.6. The first-order chi connectivity index (χ1) is 17.5. The summed E-state index contributed by atoms with van der Waals surface area (Å²) in [6, 6.07) is 18.9. The Morgan fingerprint density at radius 3 is 2.11 bits per heavy atom. The van der Waals surface area contributed by atoms with Gasteiger partial charge in [-0.3, -0.25) is 4.79 Å². The summed E-state index contributed by atoms with van der Waals surface area (Å²) in [5.41, 5.74) is 2.87. The van der Waals surface area contributed by atoms with Crippen LogP contribution >= 0.6 is 0 Å². The Morgan fingerprint density at radius 1 is 0.833 bits per heavy atom. The summed E-state index contributed by atoms with van der Waals surface area (Å²) in [5, 5.41) is 8.09. The van der Waals surface area contributed by atoms with Crippen LogP contribution in [0.3, 0.4) is 0 Å². The van der Waals surface area contributed by atoms with Crippen LogP contribution in [-0.4, -0.2) is 55.9 Å². The summed E-state index contributed by atoms with van der Waals surface area (Å²) < 4.78 is 28.5. The van der Waals surface area contributed by atoms with Crippen LogP contribution in [0.5, 0.6) is 0 Å². The van der Waals surface area contributed by atoms with E-state index in [-0.39, 0.29) is 35.7 Å². The highest BCUT2D eigenvalue weighted by molar-refractivity contribution is 5.92. The summed E-state index contributed by atoms with van der Waals surface area (Å²) in [7, 11) is 0. The zero-order chi connectivity index (χ0) is 24.8. The summed E-state index contributed by atoms with van der Waals surface area (Å²) in [5.74, 6) is -1.21. The lowest BCUT2D eigenvalue weighted by atomic mass is 9.76. The number of amides is 2. The standard InChI is InChI=1S/C27H23F2N5O2/c28-19-9-5-17(6-10-19)24-25(18-7-11-20(29)12-8-18)33(26(24)35)21-13-15-32(16-14-21)27(36)34-23-4-2-1-3-22(23)30-31-34/h1-12,21,24-25H,13-16H2/t24-,25-/m1/s1. The molecule has 2 saturated heterocycles. The van der Waals surface area contributed by atoms with Crippen LogP contribution < -0.4 is 0 Å². The number of para-hydroxylation sites is 1. The third-order valence-electron chi connectivity index (χ3n) is 7.24. The quantitative estimate of drug-likeness (QED) is 0.399. The van der Waals surface area contributed by atoms with Crippen LogP contribution in [0.25, 0.3) is 11.0 Å². The van der Waals surface area contributed by atoms with Crippen molar-refractivity contribution in [3.05, 3.63) is 95.6 Å². The number of halogens is 2. The average molecular weight is 488 g/mol. The molecule has 2 fully saturated rings. The second kappa shape index (κ2) is 8.82. The fourth-order valence-corrected chi connectivity index (χ4v) is 5.41. The Bertz CT molecular complexity index is 1430. The van der Waals surface area contributed by atoms with Crippen LogP contribution in [0, 0.1) is 11.6 Å². The molecule has 0 aliphatic carbocycles. The number of rotatable bonds is 3. The number of hydrogen-bond acceptors (Lipinski definition) is 4. The number of nitrogens with zero attached hydrogens (tertiary/aromatic N) is 5. The molecular formula is C27H23F2N5O2. The van der Waals surface area contributed by atoms with Crippen molar-refractivity contribution in [3.63, 3.8) is 0 Å². The average Bonchev–Trinajstić information content (AvgIpc) is 3.33. The van der Waals surface area contributed by atoms with Crippen molar-refractivity contribution in [1.29, 1.82) is 0 Å². The highest BCUT2D eigenvalue weighted by Crippen LogP contribution is 2.49. The topological polar surface area (TPSA) is 71.3 Å². The van der Waals surface area contributed by atoms with Crippen molar-refractivity contribution < 1.29 is 18.4 Å². The van der Waals surface area contributed by atoms with Gasteiger partial charge in [-0.2, -0.15) is 4.68 Å². The molecule has 6 rings (SSSR count). The number of carbonyl (C=O) groups is 2. The lowest BCUT2D eigenvalue weighted by Crippen LogP contribution is -2.60. The van der Waals surface area contributed by atoms with Crippen LogP contribution in [0.4, 0.5) is 13.6 Å². The second-order valence-corrected chi connectivity index (χ2v) is 9.26. The van der Waals surface area contributed by atoms with Crippen molar-refractivity contribution >= 4 is 23.0 Å². The SMILES string of the molecule is O=C1[C@H](c2ccc(F)cc2)[C@@H](c2ccc(F)cc2)N1C1CCN(C(=O)n2nnc3ccccc32)CC1. The number of fused-ring (bicyclic) bond motifs is 1. The zero-order valence-corrected chi connectivity index (χ0v) is 19.3. The molecule has 0 bridgehead atoms. The molecule has 1 aromatic heterocycles. The van der Waals surface area contributed by atoms with E-state index in [9.17, 15) is 18.4 Å². The van der Waals surface area contributed by atoms with Gasteiger partial charge in [-0.1, -0.05) is 41.6 Å². The molecule has 0 spiro atoms. The molecule has 9 heteroatoms. The van der Waals surface area contributed by atoms with Gasteiger partial charge in [-0.25, -0.2) is 13.6 Å². The molecular weight excluding hydrogens is 464 g/mol. The van der Waals surface area contributed by atoms with Gasteiger partial charge in [-0.05, 0) is 60.4 Å². The van der Waals surface area contributed by atoms with Crippen molar-refractivity contribution in [2.45, 2.75) is 30.8 Å². The van der Waals surface area contributed by atoms with Gasteiger partial charge in [-0.15, -0.1) is 5.10 Å². The maximum atomic E-state index is 13.6. The summed E-state index contributed by atoms with van der Waals surface area (Å²) in [6.07, 6.45) is 1.22. The maximum Gasteiger partial charge on any atom is 0.346 e. The molecule has 36 heavy (non-hydrogen) atoms. The van der Waals surface area contributed by atoms with E-state index < -0.39 is 5.92 Å². The molecule has 0 N–H and O–H groups in total. The summed E-state index contributed by atoms with van der Waals surface area (Å²) in [6.45, 7) is 0.942. The molecule has 2 aliphatic rings. The van der Waals surface area contributed by atoms with Crippen LogP contribution in [-0.2, 0) is 4.79 Å². The zero-order valence-electron chi connectivity index (χ0n) is 19.3. The predicted molar refractivity (Wildman–Crippen MR) is 128 cm³/mol. The lowest BCUT2D eigenvalue weighted by Gasteiger charge is -2.53. The molecule has 0 unspecified atom stereocenters. The first-order valence-electron chi connectivity index (χ1n) is 11.9. The summed E-state index contributed by atoms with van der Waals surface area (Å²) >= 11 is 0. The molecule has 182 valence electrons. The molecule has 7 nitrogen and oxygen atoms in total. The minimum Gasteiger partial charge on any atom is -0.331 e. The van der Waals surface area contributed by atoms with Gasteiger partial charge in [0, 0.05) is 19.1 Å². The fourth-order valence-electron chi connectivity index (χ4n) is 5.41. The van der Waals surface area contributed by atoms with Crippen molar-refractivity contribution in [2.24, 2.45) is 0 Å². The Kier molecular flexibility index (Phi) is 5.47. The van der Waals surface area contributed by atoms with Crippen molar-refractivity contribution in [3.8, 4) is 0 Å². The third kappa shape index (κ3) is 3.71. The van der Waals surface area contributed by atoms with Gasteiger partial charge in [0.2, 0.25) is 5.91 Å². The van der Waals surface area contributed by atoms with Crippen LogP contribution in [0.15, 0.2) is 72.8 Å². The van der Waals surface area contributed by atoms with Crippen molar-refractivity contribution in [1.82, 2.24) is 24.8 Å². The van der Waals surface area contributed by atoms with E-state index in [1.54, 1.807) is 35.2 Å². The first-order valence-corrected chi connectivity index (χ1v) is 11.9. The molecule has 4 aromatic rings. The van der Waals surface area contributed by atoms with Gasteiger partial charge in [0.1, 0.15) is 17.2 Å². The van der Waals surface area contributed by atoms with E-state index in [1.807, 2.05) is 23.1 Å². The Hall–Kier alpha value is -4.14. The number of aromatic nitrogens is 3. The van der Waals surface area contributed by atoms with Crippen molar-refractivity contribution in [2.75, 3.05) is 13.1 Å². The van der Waals surface area contributed by atoms with E-state index in [2.05, 4.69) is 10.3 Å². The number of likely N-dealkylation sites (tertiary alicyclic amines) is 2. The first kappa shape index (κ1) is 22.3. The summed E-state index contributed by atoms with van der Waals surface area (Å²) in [4.78, 5) is 30.1. The van der Waals surface area contributed by atoms with Gasteiger partial charge in [0.15, 0.2) is 0 Å². The number of β-lactam (4-membered cyclic amide) rings is 1. The van der Waals surface area contributed by atoms with Crippen LogP contribution in [0.2, 0.25) is 0 Å². The van der Waals surface area contributed by atoms with Gasteiger partial charge >= 0.3 is 6.03 Å². The van der Waals surface area contributed by atoms with E-state index >= 15 is 0 Å². The molecule has 3 aromatic carbocycles. The monoisotopic (exact) mass is 487 g/mol. The number of benzene rings is 3. The predicted octanol–water partition coefficient (Wildman–Crippen LogP) is 4.51. The van der Waals surface area contributed by atoms with E-state index in [1.165, 1.54) is 28.9 Å². The van der Waals surface area contributed by atoms with Crippen LogP contribution in [0.1, 0.15) is 35.9 Å². The number of piperidine rings is 1. The fraction of sp³-hybridized carbons (Fsp3) is 0.259. The van der Waals surface area contributed by atoms with E-state index in [0.29, 0.717) is 37.0 Å². The van der Waals surface area contributed by atoms with Gasteiger partial charge in [0.05, 0.1) is 17.5 Å². The Labute approximate surface area is 205 Å². The van der Waals surface area contributed by atoms with E-state index in [4.69, 9.17) is 0 Å². The van der Waals surface area contributed by atoms with Gasteiger partial charge in [0.25, 0.3) is 0 Å². The van der Waals surface area contributed by atoms with E-state index in [0.717, 1.165) is 11.1 Å². The minimum absolute atomic E-state index is 0.0389. The maximum absolute atomic E-state index is 13.6. The molecule has 0 radical (unpaired) electrons. The smallest absolute Gasteiger partial charge is 0.331 e. The Morgan fingerprint density at radius 2 is 1.44 bits per heavy atom. The number of hydrogen-bond donors (Lipinski definition) is 0. The highest BCUT2D eigenvalue weighted by Gasteiger charge is 2.52. The number of carbonyl (C=O) groups excluding carboxylic acids is 2. The molecule has 2 atom stereocenters. The molecule has 0 saturated carbocycles.